The summed E-state index contributed by atoms with van der Waals surface area (Å²) in [5.74, 6) is 1.03. The average molecular weight is 337 g/mol. The highest BCUT2D eigenvalue weighted by Crippen LogP contribution is 2.47. The van der Waals surface area contributed by atoms with E-state index >= 15 is 0 Å². The van der Waals surface area contributed by atoms with Crippen molar-refractivity contribution < 1.29 is 9.53 Å². The minimum absolute atomic E-state index is 0.204. The van der Waals surface area contributed by atoms with Crippen LogP contribution in [0.4, 0.5) is 0 Å². The maximum atomic E-state index is 12.0. The second-order valence-corrected chi connectivity index (χ2v) is 9.05. The van der Waals surface area contributed by atoms with Gasteiger partial charge >= 0.3 is 0 Å². The van der Waals surface area contributed by atoms with Gasteiger partial charge in [-0.1, -0.05) is 13.8 Å². The van der Waals surface area contributed by atoms with Crippen molar-refractivity contribution >= 4 is 5.78 Å². The Morgan fingerprint density at radius 1 is 1.08 bits per heavy atom. The zero-order valence-electron chi connectivity index (χ0n) is 16.1. The number of carbonyl (C=O) groups is 1. The fourth-order valence-electron chi connectivity index (χ4n) is 4.22. The molecule has 0 radical (unpaired) electrons. The van der Waals surface area contributed by atoms with E-state index in [4.69, 9.17) is 4.74 Å². The third-order valence-corrected chi connectivity index (χ3v) is 6.25. The molecule has 4 nitrogen and oxygen atoms in total. The maximum absolute atomic E-state index is 12.0. The molecular weight excluding hydrogens is 300 g/mol. The molecule has 1 heterocycles. The zero-order valence-corrected chi connectivity index (χ0v) is 16.1. The number of carbonyl (C=O) groups excluding carboxylic acids is 1. The Hall–Kier alpha value is -0.450. The van der Waals surface area contributed by atoms with Crippen LogP contribution in [0.15, 0.2) is 0 Å². The summed E-state index contributed by atoms with van der Waals surface area (Å²) in [5.41, 5.74) is 0.456. The highest BCUT2D eigenvalue weighted by atomic mass is 16.5. The van der Waals surface area contributed by atoms with E-state index in [-0.39, 0.29) is 5.92 Å². The lowest BCUT2D eigenvalue weighted by atomic mass is 9.74. The first-order valence-corrected chi connectivity index (χ1v) is 10.0. The molecule has 0 spiro atoms. The van der Waals surface area contributed by atoms with Crippen molar-refractivity contribution in [1.82, 2.24) is 9.80 Å². The van der Waals surface area contributed by atoms with E-state index < -0.39 is 0 Å². The topological polar surface area (TPSA) is 32.8 Å². The van der Waals surface area contributed by atoms with Crippen LogP contribution in [-0.4, -0.2) is 67.1 Å². The summed E-state index contributed by atoms with van der Waals surface area (Å²) in [6.45, 7) is 15.2. The summed E-state index contributed by atoms with van der Waals surface area (Å²) >= 11 is 0. The molecule has 138 valence electrons. The number of piperazine rings is 1. The quantitative estimate of drug-likeness (QED) is 0.682. The molecule has 3 fully saturated rings. The zero-order chi connectivity index (χ0) is 17.3. The van der Waals surface area contributed by atoms with Crippen LogP contribution in [0.3, 0.4) is 0 Å². The SMILES string of the molecule is CC(C)OCC1(CN2CCN(C3CC(C(=O)C(C)C)C3)CC2)CC1. The van der Waals surface area contributed by atoms with Gasteiger partial charge in [-0.2, -0.15) is 0 Å². The third-order valence-electron chi connectivity index (χ3n) is 6.25. The van der Waals surface area contributed by atoms with Gasteiger partial charge in [0.1, 0.15) is 5.78 Å². The van der Waals surface area contributed by atoms with Crippen LogP contribution in [0, 0.1) is 17.3 Å². The fraction of sp³-hybridized carbons (Fsp3) is 0.950. The lowest BCUT2D eigenvalue weighted by Crippen LogP contribution is -2.56. The molecular formula is C20H36N2O2. The molecule has 0 N–H and O–H groups in total. The van der Waals surface area contributed by atoms with Crippen molar-refractivity contribution in [3.05, 3.63) is 0 Å². The van der Waals surface area contributed by atoms with Crippen LogP contribution in [0.5, 0.6) is 0 Å². The Labute approximate surface area is 147 Å². The van der Waals surface area contributed by atoms with Crippen molar-refractivity contribution in [2.24, 2.45) is 17.3 Å². The predicted octanol–water partition coefficient (Wildman–Crippen LogP) is 2.81. The molecule has 3 rings (SSSR count). The average Bonchev–Trinajstić information content (AvgIpc) is 3.25. The molecule has 24 heavy (non-hydrogen) atoms. The van der Waals surface area contributed by atoms with Gasteiger partial charge in [-0.3, -0.25) is 9.69 Å². The summed E-state index contributed by atoms with van der Waals surface area (Å²) in [4.78, 5) is 17.3. The number of hydrogen-bond donors (Lipinski definition) is 0. The largest absolute Gasteiger partial charge is 0.378 e. The molecule has 0 atom stereocenters. The minimum atomic E-state index is 0.204. The first-order chi connectivity index (χ1) is 11.4. The normalized spacial score (nSPS) is 30.6. The standard InChI is InChI=1S/C20H36N2O2/c1-15(2)19(23)17-11-18(12-17)22-9-7-21(8-10-22)13-20(5-6-20)14-24-16(3)4/h15-18H,5-14H2,1-4H3. The van der Waals surface area contributed by atoms with Crippen LogP contribution in [0.2, 0.25) is 0 Å². The van der Waals surface area contributed by atoms with Crippen molar-refractivity contribution in [3.63, 3.8) is 0 Å². The monoisotopic (exact) mass is 336 g/mol. The summed E-state index contributed by atoms with van der Waals surface area (Å²) in [7, 11) is 0. The van der Waals surface area contributed by atoms with Crippen LogP contribution in [0.25, 0.3) is 0 Å². The molecule has 0 amide bonds. The number of hydrogen-bond acceptors (Lipinski definition) is 4. The Morgan fingerprint density at radius 2 is 1.71 bits per heavy atom. The molecule has 0 aromatic rings. The number of nitrogens with zero attached hydrogens (tertiary/aromatic N) is 2. The van der Waals surface area contributed by atoms with Crippen LogP contribution < -0.4 is 0 Å². The molecule has 0 bridgehead atoms. The Morgan fingerprint density at radius 3 is 2.21 bits per heavy atom. The highest BCUT2D eigenvalue weighted by molar-refractivity contribution is 5.83. The van der Waals surface area contributed by atoms with Crippen LogP contribution >= 0.6 is 0 Å². The second-order valence-electron chi connectivity index (χ2n) is 9.05. The second kappa shape index (κ2) is 7.43. The molecule has 3 aliphatic rings. The van der Waals surface area contributed by atoms with Gasteiger partial charge < -0.3 is 9.64 Å². The number of ether oxygens (including phenoxy) is 1. The number of ketones is 1. The smallest absolute Gasteiger partial charge is 0.138 e. The van der Waals surface area contributed by atoms with E-state index in [0.717, 1.165) is 19.4 Å². The molecule has 1 aliphatic heterocycles. The molecule has 0 aromatic heterocycles. The summed E-state index contributed by atoms with van der Waals surface area (Å²) in [6.07, 6.45) is 5.22. The molecule has 2 aliphatic carbocycles. The van der Waals surface area contributed by atoms with Gasteiger partial charge in [-0.05, 0) is 39.5 Å². The summed E-state index contributed by atoms with van der Waals surface area (Å²) < 4.78 is 5.88. The van der Waals surface area contributed by atoms with E-state index in [0.29, 0.717) is 29.3 Å². The van der Waals surface area contributed by atoms with Gasteiger partial charge in [0, 0.05) is 56.0 Å². The lowest BCUT2D eigenvalue weighted by molar-refractivity contribution is -0.131. The maximum Gasteiger partial charge on any atom is 0.138 e. The van der Waals surface area contributed by atoms with Gasteiger partial charge in [-0.25, -0.2) is 0 Å². The Kier molecular flexibility index (Phi) is 5.68. The van der Waals surface area contributed by atoms with Gasteiger partial charge in [0.15, 0.2) is 0 Å². The fourth-order valence-corrected chi connectivity index (χ4v) is 4.22. The van der Waals surface area contributed by atoms with E-state index in [1.54, 1.807) is 0 Å². The number of rotatable bonds is 8. The summed E-state index contributed by atoms with van der Waals surface area (Å²) in [6, 6.07) is 0.666. The van der Waals surface area contributed by atoms with E-state index in [1.165, 1.54) is 45.6 Å². The predicted molar refractivity (Wildman–Crippen MR) is 97.1 cm³/mol. The van der Waals surface area contributed by atoms with Gasteiger partial charge in [0.05, 0.1) is 12.7 Å². The van der Waals surface area contributed by atoms with E-state index in [2.05, 4.69) is 23.6 Å². The molecule has 0 unspecified atom stereocenters. The summed E-state index contributed by atoms with van der Waals surface area (Å²) in [5, 5.41) is 0. The molecule has 2 saturated carbocycles. The number of Topliss-reactive ketones (excluding diaryl/α,β-unsaturated/α-hetero) is 1. The van der Waals surface area contributed by atoms with Gasteiger partial charge in [-0.15, -0.1) is 0 Å². The van der Waals surface area contributed by atoms with Crippen molar-refractivity contribution in [3.8, 4) is 0 Å². The molecule has 0 aromatic carbocycles. The highest BCUT2D eigenvalue weighted by Gasteiger charge is 2.45. The van der Waals surface area contributed by atoms with Crippen LogP contribution in [0.1, 0.15) is 53.4 Å². The van der Waals surface area contributed by atoms with E-state index in [9.17, 15) is 4.79 Å². The molecule has 4 heteroatoms. The van der Waals surface area contributed by atoms with Crippen molar-refractivity contribution in [2.45, 2.75) is 65.5 Å². The molecule has 1 saturated heterocycles. The van der Waals surface area contributed by atoms with E-state index in [1.807, 2.05) is 13.8 Å². The first kappa shape index (κ1) is 18.3. The lowest BCUT2D eigenvalue weighted by Gasteiger charge is -2.46. The van der Waals surface area contributed by atoms with Crippen molar-refractivity contribution in [1.29, 1.82) is 0 Å². The Balaban J connectivity index is 1.36. The van der Waals surface area contributed by atoms with Crippen LogP contribution in [-0.2, 0) is 9.53 Å². The third kappa shape index (κ3) is 4.39. The first-order valence-electron chi connectivity index (χ1n) is 10.0. The minimum Gasteiger partial charge on any atom is -0.378 e. The van der Waals surface area contributed by atoms with Gasteiger partial charge in [0.25, 0.3) is 0 Å². The van der Waals surface area contributed by atoms with Gasteiger partial charge in [0.2, 0.25) is 0 Å². The Bertz CT molecular complexity index is 431. The van der Waals surface area contributed by atoms with Crippen molar-refractivity contribution in [2.75, 3.05) is 39.3 Å².